The molecular formula is C14H13N5O4. The molecule has 2 rings (SSSR count). The number of hydrazine groups is 1. The van der Waals surface area contributed by atoms with Crippen molar-refractivity contribution in [2.75, 3.05) is 11.2 Å². The number of hydrogen-bond acceptors (Lipinski definition) is 7. The highest BCUT2D eigenvalue weighted by atomic mass is 16.6. The summed E-state index contributed by atoms with van der Waals surface area (Å²) >= 11 is 0. The lowest BCUT2D eigenvalue weighted by molar-refractivity contribution is -0.393. The minimum Gasteiger partial charge on any atom is -0.399 e. The molecule has 0 unspecified atom stereocenters. The normalized spacial score (nSPS) is 9.91. The number of benzene rings is 2. The largest absolute Gasteiger partial charge is 0.399 e. The van der Waals surface area contributed by atoms with Gasteiger partial charge in [0.2, 0.25) is 0 Å². The second-order valence-electron chi connectivity index (χ2n) is 4.57. The summed E-state index contributed by atoms with van der Waals surface area (Å²) in [7, 11) is 0. The van der Waals surface area contributed by atoms with Crippen molar-refractivity contribution in [1.29, 1.82) is 0 Å². The van der Waals surface area contributed by atoms with Crippen LogP contribution >= 0.6 is 0 Å². The first kappa shape index (κ1) is 15.8. The van der Waals surface area contributed by atoms with Gasteiger partial charge in [-0.15, -0.1) is 0 Å². The van der Waals surface area contributed by atoms with Crippen molar-refractivity contribution in [1.82, 2.24) is 5.43 Å². The van der Waals surface area contributed by atoms with Crippen LogP contribution in [-0.4, -0.2) is 9.85 Å². The number of rotatable bonds is 6. The molecule has 0 saturated heterocycles. The predicted molar refractivity (Wildman–Crippen MR) is 86.4 cm³/mol. The van der Waals surface area contributed by atoms with Crippen molar-refractivity contribution in [2.45, 2.75) is 0 Å². The Balaban J connectivity index is 2.16. The van der Waals surface area contributed by atoms with Gasteiger partial charge in [-0.3, -0.25) is 25.7 Å². The quantitative estimate of drug-likeness (QED) is 0.423. The average molecular weight is 315 g/mol. The zero-order valence-electron chi connectivity index (χ0n) is 11.9. The molecule has 9 nitrogen and oxygen atoms in total. The highest BCUT2D eigenvalue weighted by Gasteiger charge is 2.19. The molecule has 0 radical (unpaired) electrons. The number of nitrogen functional groups attached to an aromatic ring is 1. The molecule has 118 valence electrons. The third kappa shape index (κ3) is 3.73. The van der Waals surface area contributed by atoms with Gasteiger partial charge in [0.05, 0.1) is 21.6 Å². The van der Waals surface area contributed by atoms with Gasteiger partial charge in [-0.25, -0.2) is 0 Å². The number of anilines is 2. The Morgan fingerprint density at radius 1 is 1.04 bits per heavy atom. The van der Waals surface area contributed by atoms with Crippen LogP contribution in [0, 0.1) is 20.2 Å². The fourth-order valence-corrected chi connectivity index (χ4v) is 1.79. The van der Waals surface area contributed by atoms with E-state index in [1.54, 1.807) is 24.3 Å². The van der Waals surface area contributed by atoms with Gasteiger partial charge < -0.3 is 11.2 Å². The molecule has 4 N–H and O–H groups in total. The minimum absolute atomic E-state index is 0.0807. The Morgan fingerprint density at radius 3 is 2.26 bits per heavy atom. The zero-order valence-corrected chi connectivity index (χ0v) is 11.9. The Kier molecular flexibility index (Phi) is 4.41. The summed E-state index contributed by atoms with van der Waals surface area (Å²) in [6.45, 7) is 3.80. The van der Waals surface area contributed by atoms with Crippen molar-refractivity contribution in [3.05, 3.63) is 74.8 Å². The van der Waals surface area contributed by atoms with Crippen LogP contribution in [0.15, 0.2) is 49.0 Å². The number of nitrogens with two attached hydrogens (primary N) is 1. The maximum absolute atomic E-state index is 11.0. The monoisotopic (exact) mass is 315 g/mol. The van der Waals surface area contributed by atoms with Gasteiger partial charge in [0, 0.05) is 11.8 Å². The van der Waals surface area contributed by atoms with E-state index in [0.29, 0.717) is 11.4 Å². The third-order valence-corrected chi connectivity index (χ3v) is 3.00. The van der Waals surface area contributed by atoms with E-state index in [4.69, 9.17) is 5.73 Å². The SMILES string of the molecule is C=C(NNc1ccc([N+](=O)[O-])cc1[N+](=O)[O-])c1ccc(N)cc1. The molecule has 0 amide bonds. The lowest BCUT2D eigenvalue weighted by Gasteiger charge is -2.12. The lowest BCUT2D eigenvalue weighted by atomic mass is 10.1. The molecule has 0 saturated carbocycles. The Hall–Kier alpha value is -3.62. The molecule has 0 atom stereocenters. The standard InChI is InChI=1S/C14H13N5O4/c1-9(10-2-4-11(15)5-3-10)16-17-13-7-6-12(18(20)21)8-14(13)19(22)23/h2-8,16-17H,1,15H2. The smallest absolute Gasteiger partial charge is 0.300 e. The van der Waals surface area contributed by atoms with Crippen molar-refractivity contribution in [3.63, 3.8) is 0 Å². The topological polar surface area (TPSA) is 136 Å². The van der Waals surface area contributed by atoms with E-state index in [2.05, 4.69) is 17.4 Å². The third-order valence-electron chi connectivity index (χ3n) is 3.00. The number of non-ortho nitro benzene ring substituents is 1. The van der Waals surface area contributed by atoms with Gasteiger partial charge in [-0.05, 0) is 23.8 Å². The maximum atomic E-state index is 11.0. The van der Waals surface area contributed by atoms with Crippen LogP contribution in [0.2, 0.25) is 0 Å². The first-order chi connectivity index (χ1) is 10.9. The van der Waals surface area contributed by atoms with E-state index in [1.165, 1.54) is 12.1 Å². The lowest BCUT2D eigenvalue weighted by Crippen LogP contribution is -2.20. The van der Waals surface area contributed by atoms with Crippen LogP contribution in [0.1, 0.15) is 5.56 Å². The summed E-state index contributed by atoms with van der Waals surface area (Å²) < 4.78 is 0. The molecule has 0 aliphatic heterocycles. The number of hydrogen-bond donors (Lipinski definition) is 3. The van der Waals surface area contributed by atoms with Crippen LogP contribution in [0.4, 0.5) is 22.7 Å². The summed E-state index contributed by atoms with van der Waals surface area (Å²) in [4.78, 5) is 20.3. The Bertz CT molecular complexity index is 773. The first-order valence-electron chi connectivity index (χ1n) is 6.38. The number of nitro groups is 2. The molecule has 0 aromatic heterocycles. The van der Waals surface area contributed by atoms with Crippen molar-refractivity contribution < 1.29 is 9.85 Å². The molecule has 0 aliphatic carbocycles. The van der Waals surface area contributed by atoms with Crippen LogP contribution in [0.5, 0.6) is 0 Å². The molecule has 2 aromatic rings. The zero-order chi connectivity index (χ0) is 17.0. The second kappa shape index (κ2) is 6.43. The summed E-state index contributed by atoms with van der Waals surface area (Å²) in [5, 5.41) is 21.7. The minimum atomic E-state index is -0.705. The van der Waals surface area contributed by atoms with Gasteiger partial charge in [0.25, 0.3) is 5.69 Å². The summed E-state index contributed by atoms with van der Waals surface area (Å²) in [5.41, 5.74) is 12.0. The molecular weight excluding hydrogens is 302 g/mol. The van der Waals surface area contributed by atoms with Gasteiger partial charge in [0.1, 0.15) is 5.69 Å². The molecule has 0 spiro atoms. The fraction of sp³-hybridized carbons (Fsp3) is 0. The molecule has 0 aliphatic rings. The van der Waals surface area contributed by atoms with Crippen LogP contribution in [0.25, 0.3) is 5.70 Å². The molecule has 23 heavy (non-hydrogen) atoms. The highest BCUT2D eigenvalue weighted by molar-refractivity contribution is 5.69. The maximum Gasteiger partial charge on any atom is 0.300 e. The van der Waals surface area contributed by atoms with Crippen molar-refractivity contribution in [2.24, 2.45) is 0 Å². The van der Waals surface area contributed by atoms with Gasteiger partial charge >= 0.3 is 5.69 Å². The summed E-state index contributed by atoms with van der Waals surface area (Å²) in [5.74, 6) is 0. The van der Waals surface area contributed by atoms with Crippen molar-refractivity contribution >= 4 is 28.4 Å². The Morgan fingerprint density at radius 2 is 1.70 bits per heavy atom. The van der Waals surface area contributed by atoms with Crippen LogP contribution in [0.3, 0.4) is 0 Å². The van der Waals surface area contributed by atoms with Crippen LogP contribution < -0.4 is 16.6 Å². The van der Waals surface area contributed by atoms with E-state index in [-0.39, 0.29) is 11.4 Å². The highest BCUT2D eigenvalue weighted by Crippen LogP contribution is 2.28. The molecule has 2 aromatic carbocycles. The van der Waals surface area contributed by atoms with Crippen molar-refractivity contribution in [3.8, 4) is 0 Å². The average Bonchev–Trinajstić information content (AvgIpc) is 2.52. The molecule has 0 heterocycles. The van der Waals surface area contributed by atoms with E-state index >= 15 is 0 Å². The summed E-state index contributed by atoms with van der Waals surface area (Å²) in [6.07, 6.45) is 0. The van der Waals surface area contributed by atoms with E-state index in [9.17, 15) is 20.2 Å². The second-order valence-corrected chi connectivity index (χ2v) is 4.57. The number of nitro benzene ring substituents is 2. The first-order valence-corrected chi connectivity index (χ1v) is 6.38. The molecule has 0 fully saturated rings. The van der Waals surface area contributed by atoms with E-state index in [0.717, 1.165) is 11.6 Å². The number of nitrogens with zero attached hydrogens (tertiary/aromatic N) is 2. The number of nitrogens with one attached hydrogen (secondary N) is 2. The Labute approximate surface area is 130 Å². The molecule has 0 bridgehead atoms. The molecule has 9 heteroatoms. The predicted octanol–water partition coefficient (Wildman–Crippen LogP) is 2.67. The summed E-state index contributed by atoms with van der Waals surface area (Å²) in [6, 6.07) is 10.2. The van der Waals surface area contributed by atoms with E-state index in [1.807, 2.05) is 0 Å². The fourth-order valence-electron chi connectivity index (χ4n) is 1.79. The van der Waals surface area contributed by atoms with Gasteiger partial charge in [0.15, 0.2) is 0 Å². The van der Waals surface area contributed by atoms with Gasteiger partial charge in [-0.1, -0.05) is 18.7 Å². The van der Waals surface area contributed by atoms with Crippen LogP contribution in [-0.2, 0) is 0 Å². The van der Waals surface area contributed by atoms with Gasteiger partial charge in [-0.2, -0.15) is 0 Å². The van der Waals surface area contributed by atoms with E-state index < -0.39 is 15.5 Å².